The molecule has 1 heterocycles. The van der Waals surface area contributed by atoms with Gasteiger partial charge in [-0.1, -0.05) is 0 Å². The lowest BCUT2D eigenvalue weighted by molar-refractivity contribution is -0.276. The van der Waals surface area contributed by atoms with E-state index in [1.807, 2.05) is 0 Å². The van der Waals surface area contributed by atoms with Crippen molar-refractivity contribution >= 4 is 23.8 Å². The standard InChI is InChI=1S/C16H25NO9/c1-6-22-16-13(17-8(2)18)15(25-11(5)21)14(24-10(4)20)12(26-16)7-23-9(3)19/h12-16H,6-7H2,1-5H3,(H,17,18)/t12-,13+,14+,15-,16-/m1/s1. The maximum atomic E-state index is 11.6. The van der Waals surface area contributed by atoms with Gasteiger partial charge in [-0.3, -0.25) is 19.2 Å². The van der Waals surface area contributed by atoms with Crippen LogP contribution in [0.2, 0.25) is 0 Å². The van der Waals surface area contributed by atoms with E-state index in [0.29, 0.717) is 0 Å². The molecule has 0 aromatic rings. The summed E-state index contributed by atoms with van der Waals surface area (Å²) >= 11 is 0. The van der Waals surface area contributed by atoms with Gasteiger partial charge in [-0.25, -0.2) is 0 Å². The molecule has 1 fully saturated rings. The summed E-state index contributed by atoms with van der Waals surface area (Å²) in [4.78, 5) is 45.8. The van der Waals surface area contributed by atoms with Gasteiger partial charge in [0.15, 0.2) is 18.5 Å². The Morgan fingerprint density at radius 2 is 1.50 bits per heavy atom. The summed E-state index contributed by atoms with van der Waals surface area (Å²) in [5.74, 6) is -2.28. The first kappa shape index (κ1) is 21.8. The van der Waals surface area contributed by atoms with E-state index < -0.39 is 54.5 Å². The Labute approximate surface area is 151 Å². The van der Waals surface area contributed by atoms with Crippen molar-refractivity contribution in [3.8, 4) is 0 Å². The number of rotatable bonds is 7. The number of amides is 1. The summed E-state index contributed by atoms with van der Waals surface area (Å²) in [5, 5.41) is 2.60. The molecular formula is C16H25NO9. The van der Waals surface area contributed by atoms with Crippen molar-refractivity contribution < 1.29 is 42.9 Å². The smallest absolute Gasteiger partial charge is 0.303 e. The Kier molecular flexibility index (Phi) is 8.46. The molecule has 1 aliphatic heterocycles. The highest BCUT2D eigenvalue weighted by molar-refractivity contribution is 5.73. The third kappa shape index (κ3) is 6.60. The van der Waals surface area contributed by atoms with Crippen LogP contribution >= 0.6 is 0 Å². The van der Waals surface area contributed by atoms with Crippen LogP contribution in [-0.4, -0.2) is 67.7 Å². The zero-order chi connectivity index (χ0) is 19.9. The van der Waals surface area contributed by atoms with Crippen molar-refractivity contribution in [2.45, 2.75) is 65.3 Å². The van der Waals surface area contributed by atoms with E-state index in [1.165, 1.54) is 27.7 Å². The number of carbonyl (C=O) groups is 4. The second kappa shape index (κ2) is 10.1. The molecule has 1 rings (SSSR count). The summed E-state index contributed by atoms with van der Waals surface area (Å²) in [6.07, 6.45) is -4.15. The SMILES string of the molecule is CCO[C@@H]1O[C@H](COC(C)=O)[C@H](OC(C)=O)[C@H](OC(C)=O)[C@@H]1NC(C)=O. The third-order valence-electron chi connectivity index (χ3n) is 3.40. The molecule has 148 valence electrons. The lowest BCUT2D eigenvalue weighted by Gasteiger charge is -2.44. The molecule has 0 saturated carbocycles. The van der Waals surface area contributed by atoms with E-state index >= 15 is 0 Å². The fourth-order valence-corrected chi connectivity index (χ4v) is 2.60. The van der Waals surface area contributed by atoms with Gasteiger partial charge in [0.1, 0.15) is 18.8 Å². The Morgan fingerprint density at radius 3 is 1.96 bits per heavy atom. The number of nitrogens with one attached hydrogen (secondary N) is 1. The van der Waals surface area contributed by atoms with Crippen molar-refractivity contribution in [2.24, 2.45) is 0 Å². The van der Waals surface area contributed by atoms with Crippen molar-refractivity contribution in [2.75, 3.05) is 13.2 Å². The van der Waals surface area contributed by atoms with Crippen LogP contribution in [0.5, 0.6) is 0 Å². The summed E-state index contributed by atoms with van der Waals surface area (Å²) in [6.45, 7) is 6.56. The predicted molar refractivity (Wildman–Crippen MR) is 85.6 cm³/mol. The van der Waals surface area contributed by atoms with E-state index in [1.54, 1.807) is 6.92 Å². The number of hydrogen-bond acceptors (Lipinski definition) is 9. The van der Waals surface area contributed by atoms with Crippen molar-refractivity contribution in [1.82, 2.24) is 5.32 Å². The van der Waals surface area contributed by atoms with Crippen LogP contribution in [0.25, 0.3) is 0 Å². The molecule has 0 spiro atoms. The minimum Gasteiger partial charge on any atom is -0.463 e. The summed E-state index contributed by atoms with van der Waals surface area (Å²) in [6, 6.07) is -0.922. The lowest BCUT2D eigenvalue weighted by Crippen LogP contribution is -2.66. The molecule has 0 aliphatic carbocycles. The van der Waals surface area contributed by atoms with E-state index in [0.717, 1.165) is 0 Å². The number of ether oxygens (including phenoxy) is 5. The quantitative estimate of drug-likeness (QED) is 0.470. The van der Waals surface area contributed by atoms with Crippen LogP contribution in [0.15, 0.2) is 0 Å². The highest BCUT2D eigenvalue weighted by Crippen LogP contribution is 2.27. The molecule has 0 aromatic carbocycles. The van der Waals surface area contributed by atoms with Crippen LogP contribution in [-0.2, 0) is 42.9 Å². The minimum absolute atomic E-state index is 0.242. The first-order chi connectivity index (χ1) is 12.1. The molecule has 26 heavy (non-hydrogen) atoms. The monoisotopic (exact) mass is 375 g/mol. The van der Waals surface area contributed by atoms with Gasteiger partial charge in [0.25, 0.3) is 0 Å². The summed E-state index contributed by atoms with van der Waals surface area (Å²) in [5.41, 5.74) is 0. The van der Waals surface area contributed by atoms with Gasteiger partial charge in [0, 0.05) is 34.3 Å². The second-order valence-corrected chi connectivity index (χ2v) is 5.68. The molecule has 0 aromatic heterocycles. The van der Waals surface area contributed by atoms with E-state index in [9.17, 15) is 19.2 Å². The highest BCUT2D eigenvalue weighted by Gasteiger charge is 2.51. The summed E-state index contributed by atoms with van der Waals surface area (Å²) in [7, 11) is 0. The maximum absolute atomic E-state index is 11.6. The van der Waals surface area contributed by atoms with Crippen molar-refractivity contribution in [1.29, 1.82) is 0 Å². The molecule has 1 amide bonds. The number of carbonyl (C=O) groups excluding carboxylic acids is 4. The molecule has 10 heteroatoms. The Balaban J connectivity index is 3.22. The lowest BCUT2D eigenvalue weighted by atomic mass is 9.96. The normalized spacial score (nSPS) is 28.0. The van der Waals surface area contributed by atoms with Crippen LogP contribution in [0.4, 0.5) is 0 Å². The topological polar surface area (TPSA) is 126 Å². The van der Waals surface area contributed by atoms with Gasteiger partial charge in [-0.05, 0) is 6.92 Å². The van der Waals surface area contributed by atoms with E-state index in [-0.39, 0.29) is 13.2 Å². The molecular weight excluding hydrogens is 350 g/mol. The number of hydrogen-bond donors (Lipinski definition) is 1. The Bertz CT molecular complexity index is 536. The molecule has 0 radical (unpaired) electrons. The molecule has 0 unspecified atom stereocenters. The third-order valence-corrected chi connectivity index (χ3v) is 3.40. The van der Waals surface area contributed by atoms with Crippen LogP contribution in [0.3, 0.4) is 0 Å². The number of esters is 3. The van der Waals surface area contributed by atoms with Crippen LogP contribution in [0, 0.1) is 0 Å². The van der Waals surface area contributed by atoms with Gasteiger partial charge in [0.05, 0.1) is 0 Å². The molecule has 1 aliphatic rings. The molecule has 5 atom stereocenters. The minimum atomic E-state index is -1.11. The maximum Gasteiger partial charge on any atom is 0.303 e. The Hall–Kier alpha value is -2.20. The molecule has 10 nitrogen and oxygen atoms in total. The van der Waals surface area contributed by atoms with Gasteiger partial charge in [-0.15, -0.1) is 0 Å². The average molecular weight is 375 g/mol. The average Bonchev–Trinajstić information content (AvgIpc) is 2.50. The predicted octanol–water partition coefficient (Wildman–Crippen LogP) is -0.321. The van der Waals surface area contributed by atoms with Crippen molar-refractivity contribution in [3.05, 3.63) is 0 Å². The van der Waals surface area contributed by atoms with Gasteiger partial charge in [0.2, 0.25) is 5.91 Å². The molecule has 1 N–H and O–H groups in total. The van der Waals surface area contributed by atoms with Gasteiger partial charge < -0.3 is 29.0 Å². The first-order valence-electron chi connectivity index (χ1n) is 8.17. The van der Waals surface area contributed by atoms with Gasteiger partial charge >= 0.3 is 17.9 Å². The molecule has 1 saturated heterocycles. The zero-order valence-corrected chi connectivity index (χ0v) is 15.5. The summed E-state index contributed by atoms with van der Waals surface area (Å²) < 4.78 is 26.7. The van der Waals surface area contributed by atoms with Gasteiger partial charge in [-0.2, -0.15) is 0 Å². The van der Waals surface area contributed by atoms with Crippen molar-refractivity contribution in [3.63, 3.8) is 0 Å². The van der Waals surface area contributed by atoms with E-state index in [2.05, 4.69) is 5.32 Å². The zero-order valence-electron chi connectivity index (χ0n) is 15.5. The highest BCUT2D eigenvalue weighted by atomic mass is 16.7. The van der Waals surface area contributed by atoms with Crippen LogP contribution < -0.4 is 5.32 Å². The Morgan fingerprint density at radius 1 is 0.923 bits per heavy atom. The molecule has 0 bridgehead atoms. The van der Waals surface area contributed by atoms with E-state index in [4.69, 9.17) is 23.7 Å². The first-order valence-corrected chi connectivity index (χ1v) is 8.17. The fourth-order valence-electron chi connectivity index (χ4n) is 2.60. The fraction of sp³-hybridized carbons (Fsp3) is 0.750. The largest absolute Gasteiger partial charge is 0.463 e. The van der Waals surface area contributed by atoms with Crippen LogP contribution in [0.1, 0.15) is 34.6 Å². The second-order valence-electron chi connectivity index (χ2n) is 5.68.